The fraction of sp³-hybridized carbons (Fsp3) is 0.167. The summed E-state index contributed by atoms with van der Waals surface area (Å²) in [6.07, 6.45) is 0. The normalized spacial score (nSPS) is 15.5. The van der Waals surface area contributed by atoms with Crippen molar-refractivity contribution >= 4 is 35.1 Å². The standard InChI is InChI=1S/C24H21ClN4O5/c1-28-22(30)15-11-14(25)9-10-17(15)29-20(24(32)34-3)19(23(31)33-2)18(16(12-26)21(29)27)13-7-5-4-6-8-13/h4-11,18H,27H2,1-3H3,(H,28,30). The molecule has 0 bridgehead atoms. The molecule has 3 N–H and O–H groups in total. The lowest BCUT2D eigenvalue weighted by atomic mass is 9.80. The molecule has 1 aliphatic rings. The number of esters is 2. The number of anilines is 1. The molecule has 10 heteroatoms. The third-order valence-corrected chi connectivity index (χ3v) is 5.52. The number of benzene rings is 2. The molecule has 0 aromatic heterocycles. The molecule has 1 aliphatic heterocycles. The van der Waals surface area contributed by atoms with Crippen molar-refractivity contribution in [3.05, 3.63) is 87.3 Å². The van der Waals surface area contributed by atoms with Gasteiger partial charge in [-0.25, -0.2) is 9.59 Å². The Kier molecular flexibility index (Phi) is 7.24. The number of rotatable bonds is 5. The lowest BCUT2D eigenvalue weighted by Crippen LogP contribution is -2.41. The van der Waals surface area contributed by atoms with Crippen molar-refractivity contribution < 1.29 is 23.9 Å². The molecule has 1 unspecified atom stereocenters. The van der Waals surface area contributed by atoms with Gasteiger partial charge in [-0.2, -0.15) is 5.26 Å². The number of amides is 1. The van der Waals surface area contributed by atoms with Gasteiger partial charge in [-0.15, -0.1) is 0 Å². The van der Waals surface area contributed by atoms with Crippen LogP contribution in [0.5, 0.6) is 0 Å². The van der Waals surface area contributed by atoms with Gasteiger partial charge in [-0.3, -0.25) is 9.69 Å². The number of hydrogen-bond acceptors (Lipinski definition) is 8. The van der Waals surface area contributed by atoms with Gasteiger partial charge >= 0.3 is 11.9 Å². The van der Waals surface area contributed by atoms with Crippen LogP contribution in [0.3, 0.4) is 0 Å². The first-order valence-corrected chi connectivity index (χ1v) is 10.4. The topological polar surface area (TPSA) is 135 Å². The van der Waals surface area contributed by atoms with E-state index in [2.05, 4.69) is 11.4 Å². The highest BCUT2D eigenvalue weighted by atomic mass is 35.5. The van der Waals surface area contributed by atoms with E-state index in [0.29, 0.717) is 5.56 Å². The lowest BCUT2D eigenvalue weighted by Gasteiger charge is -2.36. The summed E-state index contributed by atoms with van der Waals surface area (Å²) in [7, 11) is 3.72. The van der Waals surface area contributed by atoms with Gasteiger partial charge in [-0.05, 0) is 23.8 Å². The van der Waals surface area contributed by atoms with Crippen molar-refractivity contribution in [3.63, 3.8) is 0 Å². The molecule has 34 heavy (non-hydrogen) atoms. The molecule has 174 valence electrons. The quantitative estimate of drug-likeness (QED) is 0.623. The van der Waals surface area contributed by atoms with Gasteiger partial charge in [0.25, 0.3) is 5.91 Å². The van der Waals surface area contributed by atoms with Crippen molar-refractivity contribution in [1.29, 1.82) is 5.26 Å². The molecule has 0 spiro atoms. The molecule has 0 fully saturated rings. The largest absolute Gasteiger partial charge is 0.466 e. The predicted molar refractivity (Wildman–Crippen MR) is 124 cm³/mol. The van der Waals surface area contributed by atoms with E-state index in [-0.39, 0.29) is 38.9 Å². The average molecular weight is 481 g/mol. The van der Waals surface area contributed by atoms with Crippen LogP contribution in [0.25, 0.3) is 0 Å². The Morgan fingerprint density at radius 1 is 1.09 bits per heavy atom. The summed E-state index contributed by atoms with van der Waals surface area (Å²) in [5.41, 5.74) is 6.69. The van der Waals surface area contributed by atoms with Crippen LogP contribution in [0.4, 0.5) is 5.69 Å². The Bertz CT molecular complexity index is 1260. The minimum absolute atomic E-state index is 0.0166. The maximum Gasteiger partial charge on any atom is 0.355 e. The molecule has 1 atom stereocenters. The van der Waals surface area contributed by atoms with E-state index in [4.69, 9.17) is 26.8 Å². The summed E-state index contributed by atoms with van der Waals surface area (Å²) in [5, 5.41) is 12.8. The van der Waals surface area contributed by atoms with Gasteiger partial charge in [0.05, 0.1) is 48.6 Å². The molecule has 2 aromatic carbocycles. The number of nitrogens with one attached hydrogen (secondary N) is 1. The number of hydrogen-bond donors (Lipinski definition) is 2. The third-order valence-electron chi connectivity index (χ3n) is 5.28. The summed E-state index contributed by atoms with van der Waals surface area (Å²) in [5.74, 6) is -3.48. The fourth-order valence-electron chi connectivity index (χ4n) is 3.78. The highest BCUT2D eigenvalue weighted by Gasteiger charge is 2.43. The number of halogens is 1. The van der Waals surface area contributed by atoms with Gasteiger partial charge in [0.2, 0.25) is 0 Å². The predicted octanol–water partition coefficient (Wildman–Crippen LogP) is 2.60. The number of methoxy groups -OCH3 is 2. The summed E-state index contributed by atoms with van der Waals surface area (Å²) < 4.78 is 9.98. The molecule has 0 aliphatic carbocycles. The van der Waals surface area contributed by atoms with Crippen LogP contribution in [0, 0.1) is 11.3 Å². The van der Waals surface area contributed by atoms with Gasteiger partial charge in [0, 0.05) is 12.1 Å². The highest BCUT2D eigenvalue weighted by molar-refractivity contribution is 6.31. The van der Waals surface area contributed by atoms with Crippen molar-refractivity contribution in [2.45, 2.75) is 5.92 Å². The first-order chi connectivity index (χ1) is 16.3. The minimum Gasteiger partial charge on any atom is -0.466 e. The van der Waals surface area contributed by atoms with Gasteiger partial charge in [0.15, 0.2) is 0 Å². The van der Waals surface area contributed by atoms with Gasteiger partial charge in [-0.1, -0.05) is 41.9 Å². The summed E-state index contributed by atoms with van der Waals surface area (Å²) >= 11 is 6.11. The second kappa shape index (κ2) is 10.1. The monoisotopic (exact) mass is 480 g/mol. The number of ether oxygens (including phenoxy) is 2. The Labute approximate surface area is 201 Å². The molecule has 3 rings (SSSR count). The summed E-state index contributed by atoms with van der Waals surface area (Å²) in [4.78, 5) is 40.0. The first-order valence-electron chi connectivity index (χ1n) is 9.97. The molecule has 0 saturated carbocycles. The van der Waals surface area contributed by atoms with Crippen LogP contribution < -0.4 is 16.0 Å². The second-order valence-corrected chi connectivity index (χ2v) is 7.51. The van der Waals surface area contributed by atoms with Crippen LogP contribution in [-0.2, 0) is 19.1 Å². The first kappa shape index (κ1) is 24.4. The molecule has 1 amide bonds. The Morgan fingerprint density at radius 3 is 2.29 bits per heavy atom. The zero-order valence-corrected chi connectivity index (χ0v) is 19.3. The Balaban J connectivity index is 2.47. The molecule has 0 radical (unpaired) electrons. The fourth-order valence-corrected chi connectivity index (χ4v) is 3.96. The van der Waals surface area contributed by atoms with Crippen molar-refractivity contribution in [3.8, 4) is 6.07 Å². The van der Waals surface area contributed by atoms with Gasteiger partial charge < -0.3 is 20.5 Å². The van der Waals surface area contributed by atoms with E-state index in [1.54, 1.807) is 30.3 Å². The van der Waals surface area contributed by atoms with E-state index in [9.17, 15) is 19.6 Å². The van der Waals surface area contributed by atoms with E-state index in [0.717, 1.165) is 19.1 Å². The van der Waals surface area contributed by atoms with Crippen LogP contribution in [0.1, 0.15) is 21.8 Å². The van der Waals surface area contributed by atoms with E-state index < -0.39 is 23.8 Å². The van der Waals surface area contributed by atoms with Crippen LogP contribution in [-0.4, -0.2) is 39.1 Å². The number of carbonyl (C=O) groups is 3. The van der Waals surface area contributed by atoms with Crippen LogP contribution in [0.2, 0.25) is 5.02 Å². The molecule has 0 saturated heterocycles. The van der Waals surface area contributed by atoms with Crippen LogP contribution >= 0.6 is 11.6 Å². The van der Waals surface area contributed by atoms with E-state index in [1.165, 1.54) is 25.2 Å². The van der Waals surface area contributed by atoms with E-state index >= 15 is 0 Å². The molecular weight excluding hydrogens is 460 g/mol. The molecular formula is C24H21ClN4O5. The maximum atomic E-state index is 13.1. The summed E-state index contributed by atoms with van der Waals surface area (Å²) in [6.45, 7) is 0. The average Bonchev–Trinajstić information content (AvgIpc) is 2.87. The van der Waals surface area contributed by atoms with Crippen molar-refractivity contribution in [2.75, 3.05) is 26.2 Å². The zero-order chi connectivity index (χ0) is 25.0. The smallest absolute Gasteiger partial charge is 0.355 e. The van der Waals surface area contributed by atoms with Crippen molar-refractivity contribution in [2.24, 2.45) is 5.73 Å². The zero-order valence-electron chi connectivity index (χ0n) is 18.6. The molecule has 9 nitrogen and oxygen atoms in total. The Hall–Kier alpha value is -4.29. The van der Waals surface area contributed by atoms with E-state index in [1.807, 2.05) is 0 Å². The maximum absolute atomic E-state index is 13.1. The van der Waals surface area contributed by atoms with Crippen LogP contribution in [0.15, 0.2) is 71.2 Å². The van der Waals surface area contributed by atoms with Gasteiger partial charge in [0.1, 0.15) is 11.5 Å². The molecule has 1 heterocycles. The minimum atomic E-state index is -1.01. The Morgan fingerprint density at radius 2 is 1.74 bits per heavy atom. The second-order valence-electron chi connectivity index (χ2n) is 7.08. The van der Waals surface area contributed by atoms with Crippen molar-refractivity contribution in [1.82, 2.24) is 5.32 Å². The number of carbonyl (C=O) groups excluding carboxylic acids is 3. The number of nitrogens with two attached hydrogens (primary N) is 1. The number of nitrogens with zero attached hydrogens (tertiary/aromatic N) is 2. The SMILES string of the molecule is CNC(=O)c1cc(Cl)ccc1N1C(N)=C(C#N)C(c2ccccc2)C(C(=O)OC)=C1C(=O)OC. The number of nitriles is 1. The lowest BCUT2D eigenvalue weighted by molar-refractivity contribution is -0.139. The highest BCUT2D eigenvalue weighted by Crippen LogP contribution is 2.44. The number of allylic oxidation sites excluding steroid dienone is 1. The third kappa shape index (κ3) is 4.19. The molecule has 2 aromatic rings. The summed E-state index contributed by atoms with van der Waals surface area (Å²) in [6, 6.07) is 15.0.